The maximum Gasteiger partial charge on any atom is 0.335 e. The fourth-order valence-corrected chi connectivity index (χ4v) is 3.24. The Balaban J connectivity index is 2.11. The van der Waals surface area contributed by atoms with Gasteiger partial charge in [-0.1, -0.05) is 6.07 Å². The number of phenols is 1. The SMILES string of the molecule is CCOc1cc(/C=C2\C(=O)NC(=O)N(c3cc(C)cc(C)c3)C2=O)cc([N+](=O)[O-])c1O. The maximum atomic E-state index is 13.0. The summed E-state index contributed by atoms with van der Waals surface area (Å²) in [6.07, 6.45) is 1.11. The van der Waals surface area contributed by atoms with Crippen LogP contribution in [0.5, 0.6) is 11.5 Å². The van der Waals surface area contributed by atoms with Gasteiger partial charge in [0.1, 0.15) is 5.57 Å². The maximum absolute atomic E-state index is 13.0. The van der Waals surface area contributed by atoms with Crippen molar-refractivity contribution >= 4 is 35.3 Å². The third-order valence-corrected chi connectivity index (χ3v) is 4.45. The molecule has 4 amide bonds. The van der Waals surface area contributed by atoms with Crippen LogP contribution in [0.2, 0.25) is 0 Å². The highest BCUT2D eigenvalue weighted by atomic mass is 16.6. The van der Waals surface area contributed by atoms with Gasteiger partial charge < -0.3 is 9.84 Å². The Labute approximate surface area is 176 Å². The lowest BCUT2D eigenvalue weighted by Gasteiger charge is -2.27. The van der Waals surface area contributed by atoms with E-state index in [-0.39, 0.29) is 23.6 Å². The number of barbiturate groups is 1. The van der Waals surface area contributed by atoms with Crippen molar-refractivity contribution in [2.45, 2.75) is 20.8 Å². The van der Waals surface area contributed by atoms with Crippen LogP contribution in [0.3, 0.4) is 0 Å². The number of urea groups is 1. The van der Waals surface area contributed by atoms with Gasteiger partial charge in [0, 0.05) is 6.07 Å². The fraction of sp³-hybridized carbons (Fsp3) is 0.190. The Morgan fingerprint density at radius 1 is 1.13 bits per heavy atom. The van der Waals surface area contributed by atoms with Crippen molar-refractivity contribution in [1.82, 2.24) is 5.32 Å². The van der Waals surface area contributed by atoms with Crippen LogP contribution in [-0.2, 0) is 9.59 Å². The fourth-order valence-electron chi connectivity index (χ4n) is 3.24. The van der Waals surface area contributed by atoms with E-state index in [9.17, 15) is 29.6 Å². The van der Waals surface area contributed by atoms with Crippen LogP contribution in [0, 0.1) is 24.0 Å². The van der Waals surface area contributed by atoms with E-state index in [1.807, 2.05) is 6.07 Å². The number of phenolic OH excluding ortho intramolecular Hbond substituents is 1. The first-order valence-electron chi connectivity index (χ1n) is 9.26. The summed E-state index contributed by atoms with van der Waals surface area (Å²) in [7, 11) is 0. The lowest BCUT2D eigenvalue weighted by Crippen LogP contribution is -2.54. The van der Waals surface area contributed by atoms with Crippen molar-refractivity contribution in [2.24, 2.45) is 0 Å². The number of nitro groups is 1. The van der Waals surface area contributed by atoms with E-state index < -0.39 is 39.8 Å². The molecular weight excluding hydrogens is 406 g/mol. The van der Waals surface area contributed by atoms with Gasteiger partial charge in [0.25, 0.3) is 11.8 Å². The standard InChI is InChI=1S/C21H19N3O7/c1-4-31-17-10-13(9-16(18(17)25)24(29)30)8-15-19(26)22-21(28)23(20(15)27)14-6-11(2)5-12(3)7-14/h5-10,25H,4H2,1-3H3,(H,22,26,28)/b15-8+. The summed E-state index contributed by atoms with van der Waals surface area (Å²) in [6, 6.07) is 6.47. The quantitative estimate of drug-likeness (QED) is 0.325. The van der Waals surface area contributed by atoms with Crippen LogP contribution in [0.1, 0.15) is 23.6 Å². The number of carbonyl (C=O) groups is 3. The smallest absolute Gasteiger partial charge is 0.335 e. The number of imide groups is 2. The number of nitrogens with zero attached hydrogens (tertiary/aromatic N) is 2. The van der Waals surface area contributed by atoms with Gasteiger partial charge in [-0.3, -0.25) is 25.0 Å². The molecule has 0 radical (unpaired) electrons. The lowest BCUT2D eigenvalue weighted by molar-refractivity contribution is -0.386. The molecular formula is C21H19N3O7. The molecule has 0 bridgehead atoms. The Morgan fingerprint density at radius 3 is 2.35 bits per heavy atom. The van der Waals surface area contributed by atoms with Crippen LogP contribution in [0.15, 0.2) is 35.9 Å². The second-order valence-electron chi connectivity index (χ2n) is 6.88. The average Bonchev–Trinajstić information content (AvgIpc) is 2.66. The van der Waals surface area contributed by atoms with Crippen LogP contribution < -0.4 is 15.0 Å². The normalized spacial score (nSPS) is 15.3. The topological polar surface area (TPSA) is 139 Å². The van der Waals surface area contributed by atoms with Crippen molar-refractivity contribution in [3.63, 3.8) is 0 Å². The minimum atomic E-state index is -0.940. The second kappa shape index (κ2) is 8.27. The molecule has 1 aliphatic heterocycles. The summed E-state index contributed by atoms with van der Waals surface area (Å²) in [4.78, 5) is 49.0. The molecule has 0 aromatic heterocycles. The predicted molar refractivity (Wildman–Crippen MR) is 111 cm³/mol. The van der Waals surface area contributed by atoms with Gasteiger partial charge >= 0.3 is 11.7 Å². The summed E-state index contributed by atoms with van der Waals surface area (Å²) in [5.74, 6) is -2.66. The molecule has 10 nitrogen and oxygen atoms in total. The molecule has 0 unspecified atom stereocenters. The number of benzene rings is 2. The van der Waals surface area contributed by atoms with Crippen LogP contribution >= 0.6 is 0 Å². The molecule has 31 heavy (non-hydrogen) atoms. The molecule has 0 atom stereocenters. The number of nitrogens with one attached hydrogen (secondary N) is 1. The van der Waals surface area contributed by atoms with Gasteiger partial charge in [0.05, 0.1) is 17.2 Å². The molecule has 0 saturated carbocycles. The molecule has 1 fully saturated rings. The summed E-state index contributed by atoms with van der Waals surface area (Å²) >= 11 is 0. The number of carbonyl (C=O) groups excluding carboxylic acids is 3. The van der Waals surface area contributed by atoms with Crippen molar-refractivity contribution < 1.29 is 29.2 Å². The number of hydrogen-bond acceptors (Lipinski definition) is 7. The van der Waals surface area contributed by atoms with E-state index >= 15 is 0 Å². The zero-order chi connectivity index (χ0) is 22.9. The molecule has 160 valence electrons. The number of amides is 4. The Kier molecular flexibility index (Phi) is 5.73. The average molecular weight is 425 g/mol. The summed E-state index contributed by atoms with van der Waals surface area (Å²) in [6.45, 7) is 5.35. The second-order valence-corrected chi connectivity index (χ2v) is 6.88. The zero-order valence-electron chi connectivity index (χ0n) is 17.0. The first-order valence-corrected chi connectivity index (χ1v) is 9.26. The van der Waals surface area contributed by atoms with Crippen molar-refractivity contribution in [3.05, 3.63) is 62.7 Å². The van der Waals surface area contributed by atoms with Crippen molar-refractivity contribution in [3.8, 4) is 11.5 Å². The molecule has 3 rings (SSSR count). The molecule has 0 aliphatic carbocycles. The van der Waals surface area contributed by atoms with Gasteiger partial charge in [-0.25, -0.2) is 9.69 Å². The summed E-state index contributed by atoms with van der Waals surface area (Å²) in [5, 5.41) is 23.4. The van der Waals surface area contributed by atoms with E-state index in [0.717, 1.165) is 28.2 Å². The predicted octanol–water partition coefficient (Wildman–Crippen LogP) is 2.98. The van der Waals surface area contributed by atoms with Crippen molar-refractivity contribution in [1.29, 1.82) is 0 Å². The largest absolute Gasteiger partial charge is 0.500 e. The van der Waals surface area contributed by atoms with Gasteiger partial charge in [0.2, 0.25) is 5.75 Å². The number of anilines is 1. The van der Waals surface area contributed by atoms with E-state index in [1.165, 1.54) is 6.07 Å². The van der Waals surface area contributed by atoms with Crippen LogP contribution in [0.4, 0.5) is 16.2 Å². The highest BCUT2D eigenvalue weighted by Crippen LogP contribution is 2.38. The Morgan fingerprint density at radius 2 is 1.77 bits per heavy atom. The molecule has 1 saturated heterocycles. The first-order chi connectivity index (χ1) is 14.6. The number of aryl methyl sites for hydroxylation is 2. The minimum absolute atomic E-state index is 0.0705. The minimum Gasteiger partial charge on any atom is -0.500 e. The van der Waals surface area contributed by atoms with E-state index in [1.54, 1.807) is 32.9 Å². The van der Waals surface area contributed by atoms with Crippen molar-refractivity contribution in [2.75, 3.05) is 11.5 Å². The van der Waals surface area contributed by atoms with Crippen LogP contribution in [0.25, 0.3) is 6.08 Å². The van der Waals surface area contributed by atoms with E-state index in [2.05, 4.69) is 5.32 Å². The third kappa shape index (κ3) is 4.22. The number of hydrogen-bond donors (Lipinski definition) is 2. The highest BCUT2D eigenvalue weighted by Gasteiger charge is 2.37. The number of nitro benzene ring substituents is 1. The Bertz CT molecular complexity index is 1130. The third-order valence-electron chi connectivity index (χ3n) is 4.45. The highest BCUT2D eigenvalue weighted by molar-refractivity contribution is 6.39. The zero-order valence-corrected chi connectivity index (χ0v) is 17.0. The number of ether oxygens (including phenoxy) is 1. The number of rotatable bonds is 5. The summed E-state index contributed by atoms with van der Waals surface area (Å²) in [5.41, 5.74) is 0.929. The molecule has 0 spiro atoms. The first kappa shape index (κ1) is 21.5. The molecule has 10 heteroatoms. The molecule has 1 aliphatic rings. The van der Waals surface area contributed by atoms with Gasteiger partial charge in [0.15, 0.2) is 5.75 Å². The molecule has 1 heterocycles. The van der Waals surface area contributed by atoms with Gasteiger partial charge in [-0.15, -0.1) is 0 Å². The summed E-state index contributed by atoms with van der Waals surface area (Å²) < 4.78 is 5.21. The lowest BCUT2D eigenvalue weighted by atomic mass is 10.0. The Hall–Kier alpha value is -4.21. The molecule has 2 aromatic rings. The van der Waals surface area contributed by atoms with E-state index in [0.29, 0.717) is 0 Å². The van der Waals surface area contributed by atoms with Gasteiger partial charge in [-0.2, -0.15) is 0 Å². The molecule has 2 aromatic carbocycles. The van der Waals surface area contributed by atoms with Crippen LogP contribution in [-0.4, -0.2) is 34.5 Å². The number of aromatic hydroxyl groups is 1. The van der Waals surface area contributed by atoms with Gasteiger partial charge in [-0.05, 0) is 61.7 Å². The molecule has 2 N–H and O–H groups in total. The van der Waals surface area contributed by atoms with E-state index in [4.69, 9.17) is 4.74 Å². The monoisotopic (exact) mass is 425 g/mol.